The van der Waals surface area contributed by atoms with E-state index in [1.807, 2.05) is 26.0 Å². The lowest BCUT2D eigenvalue weighted by atomic mass is 9.85. The molecule has 2 aliphatic heterocycles. The number of nitrogens with one attached hydrogen (secondary N) is 1. The number of nitrogens with zero attached hydrogens (tertiary/aromatic N) is 6. The van der Waals surface area contributed by atoms with E-state index in [1.54, 1.807) is 36.2 Å². The number of pyridine rings is 1. The maximum absolute atomic E-state index is 14.4. The van der Waals surface area contributed by atoms with Crippen molar-refractivity contribution in [2.75, 3.05) is 30.4 Å². The molecule has 0 saturated carbocycles. The molecule has 0 radical (unpaired) electrons. The van der Waals surface area contributed by atoms with Crippen LogP contribution < -0.4 is 10.2 Å². The molecular formula is C25H26FN7O2. The summed E-state index contributed by atoms with van der Waals surface area (Å²) >= 11 is 0. The molecule has 5 heterocycles. The molecule has 0 bridgehead atoms. The van der Waals surface area contributed by atoms with E-state index in [0.29, 0.717) is 41.6 Å². The highest BCUT2D eigenvalue weighted by atomic mass is 19.1. The first-order valence-electron chi connectivity index (χ1n) is 11.6. The van der Waals surface area contributed by atoms with E-state index >= 15 is 0 Å². The third-order valence-electron chi connectivity index (χ3n) is 6.97. The van der Waals surface area contributed by atoms with Gasteiger partial charge in [0.15, 0.2) is 11.5 Å². The number of aromatic nitrogens is 5. The predicted octanol–water partition coefficient (Wildman–Crippen LogP) is 2.93. The molecule has 35 heavy (non-hydrogen) atoms. The number of methoxy groups -OCH3 is 1. The lowest BCUT2D eigenvalue weighted by molar-refractivity contribution is 0.0778. The fourth-order valence-electron chi connectivity index (χ4n) is 4.76. The number of anilines is 2. The van der Waals surface area contributed by atoms with Gasteiger partial charge in [-0.25, -0.2) is 24.0 Å². The van der Waals surface area contributed by atoms with Gasteiger partial charge in [-0.3, -0.25) is 0 Å². The molecule has 10 heteroatoms. The van der Waals surface area contributed by atoms with Crippen LogP contribution >= 0.6 is 0 Å². The van der Waals surface area contributed by atoms with Crippen LogP contribution in [0.2, 0.25) is 0 Å². The summed E-state index contributed by atoms with van der Waals surface area (Å²) in [5, 5.41) is 19.4. The van der Waals surface area contributed by atoms with Gasteiger partial charge in [-0.2, -0.15) is 5.10 Å². The summed E-state index contributed by atoms with van der Waals surface area (Å²) in [5.74, 6) is 1.47. The minimum absolute atomic E-state index is 0.136. The number of hydrogen-bond acceptors (Lipinski definition) is 8. The first kappa shape index (κ1) is 21.9. The number of aliphatic hydroxyl groups is 1. The van der Waals surface area contributed by atoms with Gasteiger partial charge in [0.05, 0.1) is 18.0 Å². The van der Waals surface area contributed by atoms with Crippen LogP contribution in [-0.2, 0) is 16.7 Å². The van der Waals surface area contributed by atoms with Crippen molar-refractivity contribution in [2.45, 2.75) is 38.1 Å². The maximum atomic E-state index is 14.4. The lowest BCUT2D eigenvalue weighted by Crippen LogP contribution is -2.53. The molecule has 1 saturated heterocycles. The first-order valence-corrected chi connectivity index (χ1v) is 11.6. The SMILES string of the molecule is COC1CN(c2nc(-c3nn(Cc4ccccc4F)c4ncccc34)nc3c2C(C)(C)C(O)N3)C1. The van der Waals surface area contributed by atoms with Crippen molar-refractivity contribution in [1.29, 1.82) is 0 Å². The van der Waals surface area contributed by atoms with Crippen molar-refractivity contribution in [1.82, 2.24) is 24.7 Å². The van der Waals surface area contributed by atoms with Crippen LogP contribution in [0.1, 0.15) is 25.0 Å². The molecule has 3 aromatic heterocycles. The van der Waals surface area contributed by atoms with Crippen LogP contribution in [0.25, 0.3) is 22.6 Å². The molecule has 2 N–H and O–H groups in total. The fraction of sp³-hybridized carbons (Fsp3) is 0.360. The maximum Gasteiger partial charge on any atom is 0.184 e. The number of hydrogen-bond donors (Lipinski definition) is 2. The number of aliphatic hydroxyl groups excluding tert-OH is 1. The molecule has 1 fully saturated rings. The Labute approximate surface area is 201 Å². The van der Waals surface area contributed by atoms with Crippen molar-refractivity contribution < 1.29 is 14.2 Å². The van der Waals surface area contributed by atoms with E-state index in [9.17, 15) is 9.50 Å². The molecule has 4 aromatic rings. The standard InChI is InChI=1S/C25H26FN7O2/c1-25(2)18-20(30-24(25)34)28-21(29-23(18)32-12-15(13-32)35-3)19-16-8-6-10-27-22(16)33(31-19)11-14-7-4-5-9-17(14)26/h4-10,15,24,34H,11-13H2,1-3H3,(H,28,29,30). The predicted molar refractivity (Wildman–Crippen MR) is 130 cm³/mol. The molecule has 1 atom stereocenters. The molecule has 1 aromatic carbocycles. The van der Waals surface area contributed by atoms with Gasteiger partial charge >= 0.3 is 0 Å². The highest BCUT2D eigenvalue weighted by Crippen LogP contribution is 2.45. The van der Waals surface area contributed by atoms with Gasteiger partial charge in [0, 0.05) is 42.9 Å². The summed E-state index contributed by atoms with van der Waals surface area (Å²) in [5.41, 5.74) is 1.99. The van der Waals surface area contributed by atoms with Crippen LogP contribution in [0, 0.1) is 5.82 Å². The molecule has 0 aliphatic carbocycles. The quantitative estimate of drug-likeness (QED) is 0.454. The van der Waals surface area contributed by atoms with Crippen LogP contribution in [0.5, 0.6) is 0 Å². The minimum Gasteiger partial charge on any atom is -0.378 e. The van der Waals surface area contributed by atoms with Crippen LogP contribution in [0.3, 0.4) is 0 Å². The van der Waals surface area contributed by atoms with Crippen molar-refractivity contribution in [2.24, 2.45) is 0 Å². The highest BCUT2D eigenvalue weighted by molar-refractivity contribution is 5.90. The van der Waals surface area contributed by atoms with Gasteiger partial charge in [-0.15, -0.1) is 0 Å². The molecule has 2 aliphatic rings. The van der Waals surface area contributed by atoms with Crippen LogP contribution in [-0.4, -0.2) is 62.4 Å². The second-order valence-corrected chi connectivity index (χ2v) is 9.60. The monoisotopic (exact) mass is 475 g/mol. The van der Waals surface area contributed by atoms with Gasteiger partial charge in [0.2, 0.25) is 0 Å². The largest absolute Gasteiger partial charge is 0.378 e. The number of halogens is 1. The average Bonchev–Trinajstić information content (AvgIpc) is 3.29. The molecule has 0 amide bonds. The van der Waals surface area contributed by atoms with Gasteiger partial charge in [-0.05, 0) is 18.2 Å². The Kier molecular flexibility index (Phi) is 4.97. The smallest absolute Gasteiger partial charge is 0.184 e. The number of rotatable bonds is 5. The van der Waals surface area contributed by atoms with Crippen molar-refractivity contribution in [3.63, 3.8) is 0 Å². The number of ether oxygens (including phenoxy) is 1. The summed E-state index contributed by atoms with van der Waals surface area (Å²) < 4.78 is 21.5. The van der Waals surface area contributed by atoms with E-state index in [1.165, 1.54) is 6.07 Å². The van der Waals surface area contributed by atoms with E-state index in [0.717, 1.165) is 16.8 Å². The third kappa shape index (κ3) is 3.43. The van der Waals surface area contributed by atoms with Gasteiger partial charge < -0.3 is 20.1 Å². The number of fused-ring (bicyclic) bond motifs is 2. The molecule has 0 spiro atoms. The molecule has 1 unspecified atom stereocenters. The van der Waals surface area contributed by atoms with E-state index in [-0.39, 0.29) is 18.5 Å². The van der Waals surface area contributed by atoms with Crippen molar-refractivity contribution in [3.8, 4) is 11.5 Å². The lowest BCUT2D eigenvalue weighted by Gasteiger charge is -2.41. The zero-order valence-corrected chi connectivity index (χ0v) is 19.7. The Morgan fingerprint density at radius 1 is 1.17 bits per heavy atom. The van der Waals surface area contributed by atoms with E-state index < -0.39 is 11.6 Å². The van der Waals surface area contributed by atoms with Gasteiger partial charge in [-0.1, -0.05) is 32.0 Å². The van der Waals surface area contributed by atoms with E-state index in [4.69, 9.17) is 19.8 Å². The second kappa shape index (κ2) is 7.96. The second-order valence-electron chi connectivity index (χ2n) is 9.60. The third-order valence-corrected chi connectivity index (χ3v) is 6.97. The zero-order valence-electron chi connectivity index (χ0n) is 19.7. The number of benzene rings is 1. The summed E-state index contributed by atoms with van der Waals surface area (Å²) in [6.07, 6.45) is 1.03. The summed E-state index contributed by atoms with van der Waals surface area (Å²) in [4.78, 5) is 16.4. The summed E-state index contributed by atoms with van der Waals surface area (Å²) in [6, 6.07) is 10.4. The minimum atomic E-state index is -0.794. The van der Waals surface area contributed by atoms with Crippen molar-refractivity contribution >= 4 is 22.7 Å². The van der Waals surface area contributed by atoms with Crippen LogP contribution in [0.4, 0.5) is 16.0 Å². The van der Waals surface area contributed by atoms with Gasteiger partial charge in [0.1, 0.15) is 29.4 Å². The van der Waals surface area contributed by atoms with Crippen molar-refractivity contribution in [3.05, 3.63) is 59.5 Å². The Hall–Kier alpha value is -3.63. The molecule has 9 nitrogen and oxygen atoms in total. The van der Waals surface area contributed by atoms with Crippen LogP contribution in [0.15, 0.2) is 42.6 Å². The Morgan fingerprint density at radius 2 is 1.97 bits per heavy atom. The molecular weight excluding hydrogens is 449 g/mol. The highest BCUT2D eigenvalue weighted by Gasteiger charge is 2.45. The van der Waals surface area contributed by atoms with E-state index in [2.05, 4.69) is 15.2 Å². The average molecular weight is 476 g/mol. The molecule has 6 rings (SSSR count). The summed E-state index contributed by atoms with van der Waals surface area (Å²) in [7, 11) is 1.70. The normalized spacial score (nSPS) is 19.0. The zero-order chi connectivity index (χ0) is 24.3. The summed E-state index contributed by atoms with van der Waals surface area (Å²) in [6.45, 7) is 5.58. The topological polar surface area (TPSA) is 101 Å². The fourth-order valence-corrected chi connectivity index (χ4v) is 4.76. The first-order chi connectivity index (χ1) is 16.9. The Balaban J connectivity index is 1.49. The Bertz CT molecular complexity index is 1430. The Morgan fingerprint density at radius 3 is 2.74 bits per heavy atom. The molecule has 180 valence electrons. The van der Waals surface area contributed by atoms with Gasteiger partial charge in [0.25, 0.3) is 0 Å².